The maximum absolute atomic E-state index is 13.3. The second-order valence-corrected chi connectivity index (χ2v) is 8.52. The van der Waals surface area contributed by atoms with Crippen LogP contribution in [0.2, 0.25) is 0 Å². The number of aryl methyl sites for hydroxylation is 3. The third kappa shape index (κ3) is 5.10. The molecule has 33 heavy (non-hydrogen) atoms. The fraction of sp³-hybridized carbons (Fsp3) is 0.478. The fourth-order valence-electron chi connectivity index (χ4n) is 4.40. The summed E-state index contributed by atoms with van der Waals surface area (Å²) >= 11 is 0. The molecule has 3 aromatic heterocycles. The van der Waals surface area contributed by atoms with Crippen LogP contribution in [-0.2, 0) is 4.79 Å². The van der Waals surface area contributed by atoms with E-state index in [0.29, 0.717) is 17.3 Å². The Bertz CT molecular complexity index is 1090. The Hall–Kier alpha value is -3.56. The monoisotopic (exact) mass is 452 g/mol. The molecule has 0 aliphatic heterocycles. The number of amides is 2. The van der Waals surface area contributed by atoms with Gasteiger partial charge in [0.25, 0.3) is 5.91 Å². The van der Waals surface area contributed by atoms with Gasteiger partial charge in [-0.1, -0.05) is 36.0 Å². The third-order valence-corrected chi connectivity index (χ3v) is 6.14. The van der Waals surface area contributed by atoms with Crippen molar-refractivity contribution in [2.75, 3.05) is 5.32 Å². The average molecular weight is 453 g/mol. The highest BCUT2D eigenvalue weighted by molar-refractivity contribution is 6.00. The number of hydrogen-bond acceptors (Lipinski definition) is 8. The molecule has 3 aromatic rings. The molecule has 1 unspecified atom stereocenters. The Labute approximate surface area is 191 Å². The van der Waals surface area contributed by atoms with Gasteiger partial charge in [0.1, 0.15) is 23.3 Å². The highest BCUT2D eigenvalue weighted by Gasteiger charge is 2.32. The highest BCUT2D eigenvalue weighted by Crippen LogP contribution is 2.28. The van der Waals surface area contributed by atoms with Crippen molar-refractivity contribution in [1.82, 2.24) is 25.8 Å². The summed E-state index contributed by atoms with van der Waals surface area (Å²) in [7, 11) is 0. The Balaban J connectivity index is 1.52. The van der Waals surface area contributed by atoms with E-state index in [4.69, 9.17) is 4.52 Å². The molecule has 1 atom stereocenters. The predicted octanol–water partition coefficient (Wildman–Crippen LogP) is 3.75. The number of nitrogens with zero attached hydrogens (tertiary/aromatic N) is 4. The van der Waals surface area contributed by atoms with Gasteiger partial charge >= 0.3 is 0 Å². The zero-order chi connectivity index (χ0) is 23.4. The largest absolute Gasteiger partial charge is 0.361 e. The van der Waals surface area contributed by atoms with Crippen molar-refractivity contribution in [1.29, 1.82) is 0 Å². The summed E-state index contributed by atoms with van der Waals surface area (Å²) in [5, 5.41) is 17.0. The summed E-state index contributed by atoms with van der Waals surface area (Å²) in [6.07, 6.45) is 7.73. The molecule has 1 saturated carbocycles. The first-order chi connectivity index (χ1) is 15.9. The summed E-state index contributed by atoms with van der Waals surface area (Å²) in [6.45, 7) is 5.35. The molecule has 3 heterocycles. The molecule has 0 saturated heterocycles. The molecule has 4 rings (SSSR count). The topological polar surface area (TPSA) is 136 Å². The second kappa shape index (κ2) is 9.93. The van der Waals surface area contributed by atoms with Crippen LogP contribution in [0.1, 0.15) is 66.2 Å². The Morgan fingerprint density at radius 2 is 1.76 bits per heavy atom. The first kappa shape index (κ1) is 22.6. The molecule has 1 fully saturated rings. The van der Waals surface area contributed by atoms with Gasteiger partial charge in [0.15, 0.2) is 5.69 Å². The van der Waals surface area contributed by atoms with E-state index >= 15 is 0 Å². The van der Waals surface area contributed by atoms with Gasteiger partial charge in [0.2, 0.25) is 5.91 Å². The number of pyridine rings is 1. The highest BCUT2D eigenvalue weighted by atomic mass is 16.6. The van der Waals surface area contributed by atoms with Crippen molar-refractivity contribution < 1.29 is 18.7 Å². The van der Waals surface area contributed by atoms with Crippen molar-refractivity contribution in [2.45, 2.75) is 65.3 Å². The molecule has 2 N–H and O–H groups in total. The SMILES string of the molecule is Cc1nonc1C(=O)NC(C(=O)Nc1ccc(-c2c(C)noc2C)cn1)C1CCCCCC1. The molecule has 0 aromatic carbocycles. The molecule has 0 bridgehead atoms. The van der Waals surface area contributed by atoms with Crippen LogP contribution in [0.15, 0.2) is 27.5 Å². The molecule has 0 spiro atoms. The molecular weight excluding hydrogens is 424 g/mol. The van der Waals surface area contributed by atoms with Crippen molar-refractivity contribution in [3.8, 4) is 11.1 Å². The molecule has 1 aliphatic carbocycles. The molecular formula is C23H28N6O4. The minimum Gasteiger partial charge on any atom is -0.361 e. The smallest absolute Gasteiger partial charge is 0.276 e. The molecule has 0 radical (unpaired) electrons. The van der Waals surface area contributed by atoms with Crippen LogP contribution < -0.4 is 10.6 Å². The summed E-state index contributed by atoms with van der Waals surface area (Å²) in [5.74, 6) is 0.363. The molecule has 10 heteroatoms. The lowest BCUT2D eigenvalue weighted by Gasteiger charge is -2.26. The number of nitrogens with one attached hydrogen (secondary N) is 2. The van der Waals surface area contributed by atoms with Gasteiger partial charge in [-0.25, -0.2) is 9.61 Å². The van der Waals surface area contributed by atoms with Crippen LogP contribution >= 0.6 is 0 Å². The van der Waals surface area contributed by atoms with Crippen LogP contribution in [0.25, 0.3) is 11.1 Å². The number of hydrogen-bond donors (Lipinski definition) is 2. The number of rotatable bonds is 6. The summed E-state index contributed by atoms with van der Waals surface area (Å²) in [5.41, 5.74) is 2.99. The minimum atomic E-state index is -0.712. The van der Waals surface area contributed by atoms with Gasteiger partial charge in [-0.2, -0.15) is 0 Å². The van der Waals surface area contributed by atoms with E-state index in [0.717, 1.165) is 55.3 Å². The number of carbonyl (C=O) groups is 2. The second-order valence-electron chi connectivity index (χ2n) is 8.52. The van der Waals surface area contributed by atoms with E-state index in [-0.39, 0.29) is 17.5 Å². The van der Waals surface area contributed by atoms with Crippen LogP contribution in [-0.4, -0.2) is 38.3 Å². The lowest BCUT2D eigenvalue weighted by atomic mass is 9.91. The van der Waals surface area contributed by atoms with E-state index in [2.05, 4.69) is 35.7 Å². The maximum atomic E-state index is 13.3. The quantitative estimate of drug-likeness (QED) is 0.540. The van der Waals surface area contributed by atoms with E-state index in [1.54, 1.807) is 19.2 Å². The average Bonchev–Trinajstić information content (AvgIpc) is 3.26. The van der Waals surface area contributed by atoms with E-state index in [1.807, 2.05) is 19.9 Å². The lowest BCUT2D eigenvalue weighted by Crippen LogP contribution is -2.48. The Kier molecular flexibility index (Phi) is 6.81. The zero-order valence-electron chi connectivity index (χ0n) is 19.1. The zero-order valence-corrected chi connectivity index (χ0v) is 19.1. The Morgan fingerprint density at radius 1 is 1.00 bits per heavy atom. The summed E-state index contributed by atoms with van der Waals surface area (Å²) < 4.78 is 9.87. The molecule has 10 nitrogen and oxygen atoms in total. The van der Waals surface area contributed by atoms with E-state index in [1.165, 1.54) is 0 Å². The van der Waals surface area contributed by atoms with Gasteiger partial charge < -0.3 is 15.2 Å². The first-order valence-electron chi connectivity index (χ1n) is 11.2. The molecule has 1 aliphatic rings. The number of carbonyl (C=O) groups excluding carboxylic acids is 2. The number of anilines is 1. The normalized spacial score (nSPS) is 15.6. The standard InChI is InChI=1S/C23H28N6O4/c1-13-19(15(3)32-27-13)17-10-11-18(24-12-17)25-23(31)21(16-8-6-4-5-7-9-16)26-22(30)20-14(2)28-33-29-20/h10-12,16,21H,4-9H2,1-3H3,(H,26,30)(H,24,25,31). The summed E-state index contributed by atoms with van der Waals surface area (Å²) in [6, 6.07) is 2.88. The van der Waals surface area contributed by atoms with Crippen LogP contribution in [0.3, 0.4) is 0 Å². The maximum Gasteiger partial charge on any atom is 0.276 e. The van der Waals surface area contributed by atoms with Crippen LogP contribution in [0.4, 0.5) is 5.82 Å². The van der Waals surface area contributed by atoms with E-state index < -0.39 is 11.9 Å². The van der Waals surface area contributed by atoms with Gasteiger partial charge in [-0.15, -0.1) is 0 Å². The van der Waals surface area contributed by atoms with Crippen molar-refractivity contribution in [3.05, 3.63) is 41.2 Å². The predicted molar refractivity (Wildman–Crippen MR) is 119 cm³/mol. The lowest BCUT2D eigenvalue weighted by molar-refractivity contribution is -0.119. The van der Waals surface area contributed by atoms with Gasteiger partial charge in [-0.05, 0) is 56.8 Å². The first-order valence-corrected chi connectivity index (χ1v) is 11.2. The van der Waals surface area contributed by atoms with Crippen LogP contribution in [0.5, 0.6) is 0 Å². The summed E-state index contributed by atoms with van der Waals surface area (Å²) in [4.78, 5) is 30.5. The van der Waals surface area contributed by atoms with Gasteiger partial charge in [0.05, 0.1) is 5.69 Å². The van der Waals surface area contributed by atoms with Crippen molar-refractivity contribution in [3.63, 3.8) is 0 Å². The number of aromatic nitrogens is 4. The van der Waals surface area contributed by atoms with Gasteiger partial charge in [0, 0.05) is 17.3 Å². The molecule has 2 amide bonds. The van der Waals surface area contributed by atoms with Crippen molar-refractivity contribution in [2.24, 2.45) is 5.92 Å². The molecule has 174 valence electrons. The van der Waals surface area contributed by atoms with Gasteiger partial charge in [-0.3, -0.25) is 9.59 Å². The minimum absolute atomic E-state index is 0.0261. The Morgan fingerprint density at radius 3 is 2.33 bits per heavy atom. The van der Waals surface area contributed by atoms with E-state index in [9.17, 15) is 9.59 Å². The third-order valence-electron chi connectivity index (χ3n) is 6.14. The van der Waals surface area contributed by atoms with Crippen molar-refractivity contribution >= 4 is 17.6 Å². The fourth-order valence-corrected chi connectivity index (χ4v) is 4.40. The van der Waals surface area contributed by atoms with Crippen LogP contribution in [0, 0.1) is 26.7 Å².